The van der Waals surface area contributed by atoms with Gasteiger partial charge in [-0.15, -0.1) is 0 Å². The van der Waals surface area contributed by atoms with E-state index in [1.807, 2.05) is 30.3 Å². The highest BCUT2D eigenvalue weighted by molar-refractivity contribution is 6.41. The summed E-state index contributed by atoms with van der Waals surface area (Å²) in [6.07, 6.45) is 0. The van der Waals surface area contributed by atoms with E-state index < -0.39 is 11.8 Å². The summed E-state index contributed by atoms with van der Waals surface area (Å²) in [5.74, 6) is -0.154. The molecular formula is C17H16O4. The van der Waals surface area contributed by atoms with E-state index in [0.717, 1.165) is 0 Å². The van der Waals surface area contributed by atoms with Gasteiger partial charge in [0.25, 0.3) is 5.78 Å². The van der Waals surface area contributed by atoms with Gasteiger partial charge in [-0.25, -0.2) is 4.79 Å². The molecule has 0 radical (unpaired) electrons. The van der Waals surface area contributed by atoms with E-state index in [1.165, 1.54) is 0 Å². The second kappa shape index (κ2) is 6.70. The standard InChI is InChI=1S/C17H16O4/c1-3-20-17(19)16(18)15-10-9-14(11-12(15)2)21-13-7-5-4-6-8-13/h4-11H,3H2,1-2H3. The molecule has 0 spiro atoms. The number of hydrogen-bond acceptors (Lipinski definition) is 4. The molecule has 0 aromatic heterocycles. The number of para-hydroxylation sites is 1. The lowest BCUT2D eigenvalue weighted by Gasteiger charge is -2.09. The summed E-state index contributed by atoms with van der Waals surface area (Å²) in [7, 11) is 0. The highest BCUT2D eigenvalue weighted by atomic mass is 16.5. The zero-order chi connectivity index (χ0) is 15.2. The first kappa shape index (κ1) is 14.8. The van der Waals surface area contributed by atoms with Crippen LogP contribution in [-0.2, 0) is 9.53 Å². The maximum absolute atomic E-state index is 11.9. The predicted octanol–water partition coefficient (Wildman–Crippen LogP) is 3.53. The monoisotopic (exact) mass is 284 g/mol. The highest BCUT2D eigenvalue weighted by Crippen LogP contribution is 2.23. The van der Waals surface area contributed by atoms with Crippen molar-refractivity contribution >= 4 is 11.8 Å². The van der Waals surface area contributed by atoms with Crippen LogP contribution < -0.4 is 4.74 Å². The molecule has 21 heavy (non-hydrogen) atoms. The first-order chi connectivity index (χ1) is 10.1. The molecule has 0 atom stereocenters. The third-order valence-electron chi connectivity index (χ3n) is 2.88. The molecule has 0 saturated carbocycles. The van der Waals surface area contributed by atoms with Gasteiger partial charge in [-0.1, -0.05) is 18.2 Å². The Labute approximate surface area is 123 Å². The van der Waals surface area contributed by atoms with Crippen LogP contribution >= 0.6 is 0 Å². The second-order valence-corrected chi connectivity index (χ2v) is 4.44. The van der Waals surface area contributed by atoms with Gasteiger partial charge < -0.3 is 9.47 Å². The smallest absolute Gasteiger partial charge is 0.379 e. The van der Waals surface area contributed by atoms with Crippen molar-refractivity contribution < 1.29 is 19.1 Å². The number of hydrogen-bond donors (Lipinski definition) is 0. The molecule has 0 saturated heterocycles. The molecule has 0 amide bonds. The van der Waals surface area contributed by atoms with E-state index in [1.54, 1.807) is 32.0 Å². The average molecular weight is 284 g/mol. The molecule has 0 heterocycles. The Hall–Kier alpha value is -2.62. The van der Waals surface area contributed by atoms with E-state index in [-0.39, 0.29) is 6.61 Å². The normalized spacial score (nSPS) is 10.0. The van der Waals surface area contributed by atoms with Crippen LogP contribution in [0.3, 0.4) is 0 Å². The zero-order valence-corrected chi connectivity index (χ0v) is 12.0. The van der Waals surface area contributed by atoms with Crippen LogP contribution in [0, 0.1) is 6.92 Å². The van der Waals surface area contributed by atoms with Gasteiger partial charge in [0.2, 0.25) is 0 Å². The fraction of sp³-hybridized carbons (Fsp3) is 0.176. The molecule has 0 fully saturated rings. The first-order valence-electron chi connectivity index (χ1n) is 6.67. The number of benzene rings is 2. The quantitative estimate of drug-likeness (QED) is 0.479. The van der Waals surface area contributed by atoms with Gasteiger partial charge in [0, 0.05) is 5.56 Å². The Morgan fingerprint density at radius 3 is 2.33 bits per heavy atom. The maximum atomic E-state index is 11.9. The summed E-state index contributed by atoms with van der Waals surface area (Å²) < 4.78 is 10.4. The van der Waals surface area contributed by atoms with Crippen molar-refractivity contribution in [2.45, 2.75) is 13.8 Å². The molecule has 0 aliphatic heterocycles. The van der Waals surface area contributed by atoms with Gasteiger partial charge in [0.1, 0.15) is 11.5 Å². The van der Waals surface area contributed by atoms with Crippen molar-refractivity contribution in [3.63, 3.8) is 0 Å². The molecule has 2 aromatic carbocycles. The van der Waals surface area contributed by atoms with Gasteiger partial charge in [0.15, 0.2) is 0 Å². The van der Waals surface area contributed by atoms with Crippen molar-refractivity contribution in [3.05, 3.63) is 59.7 Å². The van der Waals surface area contributed by atoms with Crippen molar-refractivity contribution in [3.8, 4) is 11.5 Å². The number of ketones is 1. The van der Waals surface area contributed by atoms with E-state index in [4.69, 9.17) is 9.47 Å². The van der Waals surface area contributed by atoms with Crippen molar-refractivity contribution in [2.24, 2.45) is 0 Å². The van der Waals surface area contributed by atoms with Gasteiger partial charge in [-0.2, -0.15) is 0 Å². The Kier molecular flexibility index (Phi) is 4.72. The lowest BCUT2D eigenvalue weighted by atomic mass is 10.0. The number of aryl methyl sites for hydroxylation is 1. The fourth-order valence-corrected chi connectivity index (χ4v) is 1.89. The third kappa shape index (κ3) is 3.69. The maximum Gasteiger partial charge on any atom is 0.379 e. The number of carbonyl (C=O) groups is 2. The molecule has 108 valence electrons. The molecule has 0 N–H and O–H groups in total. The molecule has 2 rings (SSSR count). The summed E-state index contributed by atoms with van der Waals surface area (Å²) in [6.45, 7) is 3.60. The minimum absolute atomic E-state index is 0.179. The lowest BCUT2D eigenvalue weighted by molar-refractivity contribution is -0.137. The lowest BCUT2D eigenvalue weighted by Crippen LogP contribution is -2.18. The van der Waals surface area contributed by atoms with E-state index in [0.29, 0.717) is 22.6 Å². The average Bonchev–Trinajstić information content (AvgIpc) is 2.48. The molecule has 2 aromatic rings. The largest absolute Gasteiger partial charge is 0.460 e. The Balaban J connectivity index is 2.18. The molecule has 0 bridgehead atoms. The van der Waals surface area contributed by atoms with Crippen molar-refractivity contribution in [1.29, 1.82) is 0 Å². The predicted molar refractivity (Wildman–Crippen MR) is 78.7 cm³/mol. The third-order valence-corrected chi connectivity index (χ3v) is 2.88. The number of esters is 1. The second-order valence-electron chi connectivity index (χ2n) is 4.44. The van der Waals surface area contributed by atoms with E-state index in [9.17, 15) is 9.59 Å². The first-order valence-corrected chi connectivity index (χ1v) is 6.67. The molecule has 0 aliphatic carbocycles. The van der Waals surface area contributed by atoms with E-state index >= 15 is 0 Å². The molecule has 0 unspecified atom stereocenters. The minimum Gasteiger partial charge on any atom is -0.460 e. The Morgan fingerprint density at radius 2 is 1.71 bits per heavy atom. The molecule has 4 heteroatoms. The Morgan fingerprint density at radius 1 is 1.00 bits per heavy atom. The number of carbonyl (C=O) groups excluding carboxylic acids is 2. The van der Waals surface area contributed by atoms with Gasteiger partial charge in [-0.3, -0.25) is 4.79 Å². The zero-order valence-electron chi connectivity index (χ0n) is 12.0. The summed E-state index contributed by atoms with van der Waals surface area (Å²) >= 11 is 0. The number of rotatable bonds is 5. The summed E-state index contributed by atoms with van der Waals surface area (Å²) in [5, 5.41) is 0. The summed E-state index contributed by atoms with van der Waals surface area (Å²) in [6, 6.07) is 14.3. The van der Waals surface area contributed by atoms with Crippen LogP contribution in [0.5, 0.6) is 11.5 Å². The SMILES string of the molecule is CCOC(=O)C(=O)c1ccc(Oc2ccccc2)cc1C. The van der Waals surface area contributed by atoms with E-state index in [2.05, 4.69) is 0 Å². The van der Waals surface area contributed by atoms with Crippen molar-refractivity contribution in [1.82, 2.24) is 0 Å². The summed E-state index contributed by atoms with van der Waals surface area (Å²) in [5.41, 5.74) is 0.996. The molecule has 4 nitrogen and oxygen atoms in total. The molecule has 0 aliphatic rings. The van der Waals surface area contributed by atoms with Crippen molar-refractivity contribution in [2.75, 3.05) is 6.61 Å². The number of ether oxygens (including phenoxy) is 2. The van der Waals surface area contributed by atoms with Gasteiger partial charge in [0.05, 0.1) is 6.61 Å². The highest BCUT2D eigenvalue weighted by Gasteiger charge is 2.19. The Bertz CT molecular complexity index is 647. The van der Waals surface area contributed by atoms with Gasteiger partial charge >= 0.3 is 5.97 Å². The van der Waals surface area contributed by atoms with Crippen LogP contribution in [0.25, 0.3) is 0 Å². The topological polar surface area (TPSA) is 52.6 Å². The van der Waals surface area contributed by atoms with Crippen LogP contribution in [0.2, 0.25) is 0 Å². The summed E-state index contributed by atoms with van der Waals surface area (Å²) in [4.78, 5) is 23.4. The van der Waals surface area contributed by atoms with Crippen LogP contribution in [0.15, 0.2) is 48.5 Å². The van der Waals surface area contributed by atoms with Crippen LogP contribution in [0.1, 0.15) is 22.8 Å². The van der Waals surface area contributed by atoms with Gasteiger partial charge in [-0.05, 0) is 49.7 Å². The minimum atomic E-state index is -0.836. The fourth-order valence-electron chi connectivity index (χ4n) is 1.89. The molecular weight excluding hydrogens is 268 g/mol. The van der Waals surface area contributed by atoms with Crippen LogP contribution in [-0.4, -0.2) is 18.4 Å². The number of Topliss-reactive ketones (excluding diaryl/α,β-unsaturated/α-hetero) is 1. The van der Waals surface area contributed by atoms with Crippen LogP contribution in [0.4, 0.5) is 0 Å².